The van der Waals surface area contributed by atoms with Crippen LogP contribution < -0.4 is 5.32 Å². The van der Waals surface area contributed by atoms with Gasteiger partial charge < -0.3 is 9.84 Å². The maximum atomic E-state index is 13.1. The summed E-state index contributed by atoms with van der Waals surface area (Å²) in [6, 6.07) is 10.1. The molecule has 1 aliphatic rings. The molecule has 1 aromatic heterocycles. The van der Waals surface area contributed by atoms with E-state index in [9.17, 15) is 22.4 Å². The topological polar surface area (TPSA) is 71.3 Å². The predicted octanol–water partition coefficient (Wildman–Crippen LogP) is 4.75. The number of nitrogens with zero attached hydrogens (tertiary/aromatic N) is 3. The number of anilines is 1. The lowest BCUT2D eigenvalue weighted by Crippen LogP contribution is -2.40. The molecule has 1 amide bonds. The molecule has 32 heavy (non-hydrogen) atoms. The van der Waals surface area contributed by atoms with Gasteiger partial charge in [-0.1, -0.05) is 5.16 Å². The van der Waals surface area contributed by atoms with Gasteiger partial charge in [-0.3, -0.25) is 9.69 Å². The quantitative estimate of drug-likeness (QED) is 0.571. The standard InChI is InChI=1S/C22H20F4N4O2/c23-17-7-3-14(4-8-17)20-28-19(32-29-20)13-30-11-1-2-15(12-30)21(31)27-18-9-5-16(6-10-18)22(24,25)26/h3-10,15H,1-2,11-13H2,(H,27,31). The molecule has 1 unspecified atom stereocenters. The Balaban J connectivity index is 1.34. The second-order valence-corrected chi connectivity index (χ2v) is 7.66. The van der Waals surface area contributed by atoms with Crippen LogP contribution in [-0.2, 0) is 17.5 Å². The molecular formula is C22H20F4N4O2. The fourth-order valence-corrected chi connectivity index (χ4v) is 3.63. The molecule has 0 bridgehead atoms. The van der Waals surface area contributed by atoms with Crippen LogP contribution in [0.15, 0.2) is 53.1 Å². The molecule has 1 saturated heterocycles. The Morgan fingerprint density at radius 1 is 1.12 bits per heavy atom. The van der Waals surface area contributed by atoms with Crippen molar-refractivity contribution in [3.8, 4) is 11.4 Å². The summed E-state index contributed by atoms with van der Waals surface area (Å²) < 4.78 is 56.4. The summed E-state index contributed by atoms with van der Waals surface area (Å²) >= 11 is 0. The summed E-state index contributed by atoms with van der Waals surface area (Å²) in [4.78, 5) is 19.0. The zero-order valence-electron chi connectivity index (χ0n) is 16.9. The van der Waals surface area contributed by atoms with Crippen LogP contribution in [0.25, 0.3) is 11.4 Å². The molecule has 10 heteroatoms. The number of piperidine rings is 1. The molecular weight excluding hydrogens is 428 g/mol. The first-order valence-electron chi connectivity index (χ1n) is 10.1. The third-order valence-electron chi connectivity index (χ3n) is 5.29. The number of amides is 1. The van der Waals surface area contributed by atoms with Crippen LogP contribution in [0.5, 0.6) is 0 Å². The molecule has 3 aromatic rings. The van der Waals surface area contributed by atoms with E-state index < -0.39 is 11.7 Å². The highest BCUT2D eigenvalue weighted by Crippen LogP contribution is 2.30. The molecule has 4 rings (SSSR count). The molecule has 1 N–H and O–H groups in total. The van der Waals surface area contributed by atoms with Crippen LogP contribution >= 0.6 is 0 Å². The summed E-state index contributed by atoms with van der Waals surface area (Å²) in [5, 5.41) is 6.61. The number of alkyl halides is 3. The number of hydrogen-bond acceptors (Lipinski definition) is 5. The van der Waals surface area contributed by atoms with Crippen molar-refractivity contribution in [3.63, 3.8) is 0 Å². The lowest BCUT2D eigenvalue weighted by molar-refractivity contribution is -0.137. The SMILES string of the molecule is O=C(Nc1ccc(C(F)(F)F)cc1)C1CCCN(Cc2nc(-c3ccc(F)cc3)no2)C1. The van der Waals surface area contributed by atoms with Crippen molar-refractivity contribution in [1.29, 1.82) is 0 Å². The number of carbonyl (C=O) groups is 1. The Morgan fingerprint density at radius 2 is 1.84 bits per heavy atom. The molecule has 0 spiro atoms. The van der Waals surface area contributed by atoms with Gasteiger partial charge in [0.05, 0.1) is 18.0 Å². The van der Waals surface area contributed by atoms with Gasteiger partial charge in [0.2, 0.25) is 17.6 Å². The van der Waals surface area contributed by atoms with Crippen LogP contribution in [0.3, 0.4) is 0 Å². The summed E-state index contributed by atoms with van der Waals surface area (Å²) in [5.74, 6) is -0.175. The summed E-state index contributed by atoms with van der Waals surface area (Å²) in [6.45, 7) is 1.57. The highest BCUT2D eigenvalue weighted by atomic mass is 19.4. The predicted molar refractivity (Wildman–Crippen MR) is 108 cm³/mol. The number of rotatable bonds is 5. The Hall–Kier alpha value is -3.27. The zero-order chi connectivity index (χ0) is 22.7. The molecule has 1 aliphatic heterocycles. The maximum Gasteiger partial charge on any atom is 0.416 e. The van der Waals surface area contributed by atoms with Gasteiger partial charge in [-0.15, -0.1) is 0 Å². The molecule has 168 valence electrons. The monoisotopic (exact) mass is 448 g/mol. The van der Waals surface area contributed by atoms with E-state index in [4.69, 9.17) is 4.52 Å². The zero-order valence-corrected chi connectivity index (χ0v) is 16.9. The number of likely N-dealkylation sites (tertiary alicyclic amines) is 1. The van der Waals surface area contributed by atoms with Gasteiger partial charge >= 0.3 is 6.18 Å². The maximum absolute atomic E-state index is 13.1. The molecule has 6 nitrogen and oxygen atoms in total. The molecule has 1 atom stereocenters. The van der Waals surface area contributed by atoms with Gasteiger partial charge in [0.15, 0.2) is 0 Å². The van der Waals surface area contributed by atoms with E-state index in [1.165, 1.54) is 24.3 Å². The number of carbonyl (C=O) groups excluding carboxylic acids is 1. The van der Waals surface area contributed by atoms with Crippen molar-refractivity contribution in [3.05, 3.63) is 65.8 Å². The first-order chi connectivity index (χ1) is 15.3. The average molecular weight is 448 g/mol. The Morgan fingerprint density at radius 3 is 2.53 bits per heavy atom. The van der Waals surface area contributed by atoms with E-state index in [0.717, 1.165) is 25.1 Å². The van der Waals surface area contributed by atoms with Crippen LogP contribution in [-0.4, -0.2) is 34.0 Å². The second-order valence-electron chi connectivity index (χ2n) is 7.66. The number of benzene rings is 2. The van der Waals surface area contributed by atoms with Crippen molar-refractivity contribution in [2.24, 2.45) is 5.92 Å². The smallest absolute Gasteiger partial charge is 0.338 e. The molecule has 0 aliphatic carbocycles. The van der Waals surface area contributed by atoms with E-state index in [1.807, 2.05) is 4.90 Å². The second kappa shape index (κ2) is 9.07. The molecule has 2 heterocycles. The third-order valence-corrected chi connectivity index (χ3v) is 5.29. The highest BCUT2D eigenvalue weighted by molar-refractivity contribution is 5.92. The van der Waals surface area contributed by atoms with Crippen molar-refractivity contribution >= 4 is 11.6 Å². The van der Waals surface area contributed by atoms with Gasteiger partial charge in [0.1, 0.15) is 5.82 Å². The van der Waals surface area contributed by atoms with Crippen LogP contribution in [0.4, 0.5) is 23.2 Å². The lowest BCUT2D eigenvalue weighted by atomic mass is 9.97. The van der Waals surface area contributed by atoms with Crippen LogP contribution in [0, 0.1) is 11.7 Å². The van der Waals surface area contributed by atoms with Crippen molar-refractivity contribution < 1.29 is 26.9 Å². The molecule has 2 aromatic carbocycles. The van der Waals surface area contributed by atoms with E-state index in [1.54, 1.807) is 12.1 Å². The van der Waals surface area contributed by atoms with Gasteiger partial charge in [0.25, 0.3) is 0 Å². The summed E-state index contributed by atoms with van der Waals surface area (Å²) in [7, 11) is 0. The first kappa shape index (κ1) is 21.9. The van der Waals surface area contributed by atoms with E-state index in [-0.39, 0.29) is 17.6 Å². The lowest BCUT2D eigenvalue weighted by Gasteiger charge is -2.30. The minimum absolute atomic E-state index is 0.244. The number of nitrogens with one attached hydrogen (secondary N) is 1. The van der Waals surface area contributed by atoms with Crippen molar-refractivity contribution in [2.75, 3.05) is 18.4 Å². The molecule has 0 radical (unpaired) electrons. The summed E-state index contributed by atoms with van der Waals surface area (Å²) in [5.41, 5.74) is 0.189. The normalized spacial score (nSPS) is 17.3. The number of aromatic nitrogens is 2. The fourth-order valence-electron chi connectivity index (χ4n) is 3.63. The summed E-state index contributed by atoms with van der Waals surface area (Å²) in [6.07, 6.45) is -2.96. The van der Waals surface area contributed by atoms with E-state index in [2.05, 4.69) is 15.5 Å². The highest BCUT2D eigenvalue weighted by Gasteiger charge is 2.30. The van der Waals surface area contributed by atoms with Crippen molar-refractivity contribution in [2.45, 2.75) is 25.6 Å². The van der Waals surface area contributed by atoms with Crippen molar-refractivity contribution in [1.82, 2.24) is 15.0 Å². The molecule has 0 saturated carbocycles. The van der Waals surface area contributed by atoms with E-state index in [0.29, 0.717) is 42.5 Å². The van der Waals surface area contributed by atoms with E-state index >= 15 is 0 Å². The Labute approximate surface area is 181 Å². The van der Waals surface area contributed by atoms with Gasteiger partial charge in [-0.2, -0.15) is 18.2 Å². The first-order valence-corrected chi connectivity index (χ1v) is 10.1. The van der Waals surface area contributed by atoms with Crippen LogP contribution in [0.2, 0.25) is 0 Å². The fraction of sp³-hybridized carbons (Fsp3) is 0.318. The average Bonchev–Trinajstić information content (AvgIpc) is 3.22. The minimum atomic E-state index is -4.42. The third kappa shape index (κ3) is 5.31. The van der Waals surface area contributed by atoms with Crippen LogP contribution in [0.1, 0.15) is 24.3 Å². The largest absolute Gasteiger partial charge is 0.416 e. The minimum Gasteiger partial charge on any atom is -0.338 e. The number of halogens is 4. The number of hydrogen-bond donors (Lipinski definition) is 1. The van der Waals surface area contributed by atoms with Gasteiger partial charge in [0, 0.05) is 17.8 Å². The van der Waals surface area contributed by atoms with Gasteiger partial charge in [-0.25, -0.2) is 4.39 Å². The van der Waals surface area contributed by atoms with Gasteiger partial charge in [-0.05, 0) is 67.9 Å². The Bertz CT molecular complexity index is 1060. The Kier molecular flexibility index (Phi) is 6.22. The molecule has 1 fully saturated rings.